The molecule has 19 heavy (non-hydrogen) atoms. The molecule has 102 valence electrons. The smallest absolute Gasteiger partial charge is 0.288 e. The Kier molecular flexibility index (Phi) is 3.61. The van der Waals surface area contributed by atoms with Crippen molar-refractivity contribution in [1.29, 1.82) is 0 Å². The van der Waals surface area contributed by atoms with Crippen molar-refractivity contribution in [3.05, 3.63) is 27.9 Å². The molecule has 0 bridgehead atoms. The second-order valence-corrected chi connectivity index (χ2v) is 4.56. The van der Waals surface area contributed by atoms with E-state index in [1.54, 1.807) is 0 Å². The molecule has 1 aliphatic carbocycles. The summed E-state index contributed by atoms with van der Waals surface area (Å²) in [6.07, 6.45) is 3.86. The third-order valence-corrected chi connectivity index (χ3v) is 3.24. The lowest BCUT2D eigenvalue weighted by molar-refractivity contribution is -0.385. The zero-order chi connectivity index (χ0) is 14.0. The Labute approximate surface area is 109 Å². The molecule has 0 aromatic carbocycles. The van der Waals surface area contributed by atoms with Gasteiger partial charge in [0, 0.05) is 18.2 Å². The molecule has 0 spiro atoms. The molecule has 0 radical (unpaired) electrons. The highest BCUT2D eigenvalue weighted by Gasteiger charge is 2.26. The Morgan fingerprint density at radius 1 is 1.53 bits per heavy atom. The normalized spacial score (nSPS) is 22.2. The van der Waals surface area contributed by atoms with Gasteiger partial charge in [0.2, 0.25) is 0 Å². The lowest BCUT2D eigenvalue weighted by Gasteiger charge is -2.19. The van der Waals surface area contributed by atoms with Gasteiger partial charge in [0.1, 0.15) is 12.0 Å². The maximum absolute atomic E-state index is 11.3. The van der Waals surface area contributed by atoms with Gasteiger partial charge in [-0.05, 0) is 19.3 Å². The fourth-order valence-electron chi connectivity index (χ4n) is 2.20. The summed E-state index contributed by atoms with van der Waals surface area (Å²) in [6.45, 7) is 0. The minimum atomic E-state index is -0.759. The molecule has 5 N–H and O–H groups in total. The number of nitrogens with two attached hydrogens (primary N) is 2. The third-order valence-electron chi connectivity index (χ3n) is 3.24. The van der Waals surface area contributed by atoms with E-state index in [9.17, 15) is 14.9 Å². The number of pyridine rings is 1. The zero-order valence-electron chi connectivity index (χ0n) is 10.2. The van der Waals surface area contributed by atoms with Crippen LogP contribution in [0, 0.1) is 10.1 Å². The number of aromatic nitrogens is 1. The first-order chi connectivity index (χ1) is 8.99. The Balaban J connectivity index is 2.29. The number of hydrogen-bond donors (Lipinski definition) is 3. The molecule has 1 heterocycles. The summed E-state index contributed by atoms with van der Waals surface area (Å²) in [5.74, 6) is -0.509. The van der Waals surface area contributed by atoms with E-state index in [4.69, 9.17) is 11.5 Å². The average Bonchev–Trinajstić information content (AvgIpc) is 2.75. The Hall–Kier alpha value is -2.22. The molecule has 8 nitrogen and oxygen atoms in total. The molecule has 1 aromatic heterocycles. The molecule has 1 aromatic rings. The molecular weight excluding hydrogens is 250 g/mol. The van der Waals surface area contributed by atoms with Gasteiger partial charge in [-0.2, -0.15) is 0 Å². The first-order valence-corrected chi connectivity index (χ1v) is 5.95. The van der Waals surface area contributed by atoms with Crippen molar-refractivity contribution >= 4 is 17.4 Å². The van der Waals surface area contributed by atoms with E-state index in [1.165, 1.54) is 0 Å². The molecular formula is C11H15N5O3. The quantitative estimate of drug-likeness (QED) is 0.531. The van der Waals surface area contributed by atoms with Crippen molar-refractivity contribution in [3.8, 4) is 0 Å². The van der Waals surface area contributed by atoms with Crippen LogP contribution in [0.3, 0.4) is 0 Å². The topological polar surface area (TPSA) is 137 Å². The highest BCUT2D eigenvalue weighted by molar-refractivity contribution is 5.98. The van der Waals surface area contributed by atoms with E-state index < -0.39 is 10.8 Å². The molecule has 2 unspecified atom stereocenters. The SMILES string of the molecule is NC(=O)c1cc([N+](=O)[O-])cnc1NC1CCCC1N. The van der Waals surface area contributed by atoms with Gasteiger partial charge in [-0.3, -0.25) is 14.9 Å². The van der Waals surface area contributed by atoms with E-state index in [1.807, 2.05) is 0 Å². The molecule has 8 heteroatoms. The number of carbonyl (C=O) groups excluding carboxylic acids is 1. The largest absolute Gasteiger partial charge is 0.365 e. The third kappa shape index (κ3) is 2.79. The molecule has 0 saturated heterocycles. The lowest BCUT2D eigenvalue weighted by atomic mass is 10.1. The van der Waals surface area contributed by atoms with Crippen molar-refractivity contribution in [2.45, 2.75) is 31.3 Å². The Morgan fingerprint density at radius 3 is 2.79 bits per heavy atom. The molecule has 1 fully saturated rings. The lowest BCUT2D eigenvalue weighted by Crippen LogP contribution is -2.36. The van der Waals surface area contributed by atoms with Crippen LogP contribution in [0.25, 0.3) is 0 Å². The maximum atomic E-state index is 11.3. The summed E-state index contributed by atoms with van der Waals surface area (Å²) >= 11 is 0. The Bertz CT molecular complexity index is 519. The van der Waals surface area contributed by atoms with Crippen LogP contribution in [0.1, 0.15) is 29.6 Å². The van der Waals surface area contributed by atoms with Crippen molar-refractivity contribution in [2.24, 2.45) is 11.5 Å². The standard InChI is InChI=1S/C11H15N5O3/c12-8-2-1-3-9(8)15-11-7(10(13)17)4-6(5-14-11)16(18)19/h4-5,8-9H,1-3,12H2,(H2,13,17)(H,14,15). The van der Waals surface area contributed by atoms with Gasteiger partial charge in [-0.15, -0.1) is 0 Å². The second kappa shape index (κ2) is 5.19. The predicted molar refractivity (Wildman–Crippen MR) is 68.6 cm³/mol. The van der Waals surface area contributed by atoms with Crippen molar-refractivity contribution < 1.29 is 9.72 Å². The van der Waals surface area contributed by atoms with Crippen molar-refractivity contribution in [3.63, 3.8) is 0 Å². The first-order valence-electron chi connectivity index (χ1n) is 5.95. The zero-order valence-corrected chi connectivity index (χ0v) is 10.2. The highest BCUT2D eigenvalue weighted by atomic mass is 16.6. The van der Waals surface area contributed by atoms with Gasteiger partial charge in [-0.1, -0.05) is 0 Å². The molecule has 0 aliphatic heterocycles. The van der Waals surface area contributed by atoms with Crippen LogP contribution in [-0.4, -0.2) is 27.9 Å². The summed E-state index contributed by atoms with van der Waals surface area (Å²) in [4.78, 5) is 25.3. The summed E-state index contributed by atoms with van der Waals surface area (Å²) < 4.78 is 0. The molecule has 1 aliphatic rings. The molecule has 1 amide bonds. The fraction of sp³-hybridized carbons (Fsp3) is 0.455. The van der Waals surface area contributed by atoms with Gasteiger partial charge in [0.25, 0.3) is 11.6 Å². The predicted octanol–water partition coefficient (Wildman–Crippen LogP) is 0.380. The number of rotatable bonds is 4. The number of anilines is 1. The Morgan fingerprint density at radius 2 is 2.26 bits per heavy atom. The average molecular weight is 265 g/mol. The summed E-state index contributed by atoms with van der Waals surface area (Å²) in [5, 5.41) is 13.7. The van der Waals surface area contributed by atoms with Crippen LogP contribution < -0.4 is 16.8 Å². The maximum Gasteiger partial charge on any atom is 0.288 e. The van der Waals surface area contributed by atoms with Crippen molar-refractivity contribution in [1.82, 2.24) is 4.98 Å². The van der Waals surface area contributed by atoms with E-state index in [0.29, 0.717) is 0 Å². The number of carbonyl (C=O) groups is 1. The van der Waals surface area contributed by atoms with E-state index in [2.05, 4.69) is 10.3 Å². The van der Waals surface area contributed by atoms with Crippen LogP contribution in [0.5, 0.6) is 0 Å². The van der Waals surface area contributed by atoms with Gasteiger partial charge < -0.3 is 16.8 Å². The second-order valence-electron chi connectivity index (χ2n) is 4.56. The minimum absolute atomic E-state index is 0.00653. The number of nitro groups is 1. The summed E-state index contributed by atoms with van der Waals surface area (Å²) in [7, 11) is 0. The fourth-order valence-corrected chi connectivity index (χ4v) is 2.20. The number of hydrogen-bond acceptors (Lipinski definition) is 6. The monoisotopic (exact) mass is 265 g/mol. The number of nitrogens with one attached hydrogen (secondary N) is 1. The molecule has 2 rings (SSSR count). The number of primary amides is 1. The highest BCUT2D eigenvalue weighted by Crippen LogP contribution is 2.24. The summed E-state index contributed by atoms with van der Waals surface area (Å²) in [6, 6.07) is 1.11. The molecule has 2 atom stereocenters. The first kappa shape index (κ1) is 13.2. The van der Waals surface area contributed by atoms with E-state index in [0.717, 1.165) is 31.5 Å². The van der Waals surface area contributed by atoms with E-state index in [-0.39, 0.29) is 29.2 Å². The minimum Gasteiger partial charge on any atom is -0.365 e. The van der Waals surface area contributed by atoms with E-state index >= 15 is 0 Å². The van der Waals surface area contributed by atoms with Crippen LogP contribution in [0.2, 0.25) is 0 Å². The van der Waals surface area contributed by atoms with Crippen LogP contribution in [-0.2, 0) is 0 Å². The van der Waals surface area contributed by atoms with Gasteiger partial charge >= 0.3 is 0 Å². The number of amides is 1. The van der Waals surface area contributed by atoms with Gasteiger partial charge in [-0.25, -0.2) is 4.98 Å². The molecule has 1 saturated carbocycles. The number of nitrogens with zero attached hydrogens (tertiary/aromatic N) is 2. The summed E-state index contributed by atoms with van der Waals surface area (Å²) in [5.41, 5.74) is 10.9. The van der Waals surface area contributed by atoms with Crippen LogP contribution in [0.15, 0.2) is 12.3 Å². The van der Waals surface area contributed by atoms with Gasteiger partial charge in [0.15, 0.2) is 0 Å². The van der Waals surface area contributed by atoms with Crippen molar-refractivity contribution in [2.75, 3.05) is 5.32 Å². The van der Waals surface area contributed by atoms with Crippen LogP contribution >= 0.6 is 0 Å². The van der Waals surface area contributed by atoms with Crippen LogP contribution in [0.4, 0.5) is 11.5 Å². The van der Waals surface area contributed by atoms with Gasteiger partial charge in [0.05, 0.1) is 10.5 Å².